The maximum Gasteiger partial charge on any atom is 0.123 e. The van der Waals surface area contributed by atoms with Gasteiger partial charge in [0.25, 0.3) is 0 Å². The van der Waals surface area contributed by atoms with Crippen LogP contribution in [0.1, 0.15) is 31.9 Å². The van der Waals surface area contributed by atoms with Crippen molar-refractivity contribution in [2.75, 3.05) is 0 Å². The Labute approximate surface area is 95.9 Å². The number of aliphatic imine (C=N–C) groups is 1. The summed E-state index contributed by atoms with van der Waals surface area (Å²) in [7, 11) is 0. The third-order valence-electron chi connectivity index (χ3n) is 2.12. The van der Waals surface area contributed by atoms with E-state index < -0.39 is 0 Å². The number of thiophene rings is 1. The SMILES string of the molecule is C=CC=Nc1scc(C(C)(C)C)c1C=C. The van der Waals surface area contributed by atoms with E-state index in [9.17, 15) is 0 Å². The van der Waals surface area contributed by atoms with E-state index in [1.54, 1.807) is 23.6 Å². The number of hydrogen-bond acceptors (Lipinski definition) is 2. The molecule has 1 nitrogen and oxygen atoms in total. The average molecular weight is 219 g/mol. The van der Waals surface area contributed by atoms with Crippen molar-refractivity contribution in [2.45, 2.75) is 26.2 Å². The van der Waals surface area contributed by atoms with Crippen LogP contribution in [0.5, 0.6) is 0 Å². The Hall–Kier alpha value is -1.15. The molecule has 0 atom stereocenters. The Morgan fingerprint density at radius 3 is 2.47 bits per heavy atom. The van der Waals surface area contributed by atoms with E-state index in [1.165, 1.54) is 5.56 Å². The van der Waals surface area contributed by atoms with Crippen molar-refractivity contribution in [1.29, 1.82) is 0 Å². The molecule has 0 saturated heterocycles. The Kier molecular flexibility index (Phi) is 3.64. The van der Waals surface area contributed by atoms with Gasteiger partial charge < -0.3 is 0 Å². The summed E-state index contributed by atoms with van der Waals surface area (Å²) in [5.74, 6) is 0. The van der Waals surface area contributed by atoms with Crippen LogP contribution in [0, 0.1) is 0 Å². The molecule has 0 aliphatic rings. The van der Waals surface area contributed by atoms with E-state index in [2.05, 4.69) is 44.3 Å². The minimum atomic E-state index is 0.141. The summed E-state index contributed by atoms with van der Waals surface area (Å²) in [5, 5.41) is 3.17. The largest absolute Gasteiger partial charge is 0.245 e. The standard InChI is InChI=1S/C13H17NS/c1-6-8-14-12-10(7-2)11(9-15-12)13(3,4)5/h6-9H,1-2H2,3-5H3. The van der Waals surface area contributed by atoms with Crippen LogP contribution in [0.4, 0.5) is 5.00 Å². The summed E-state index contributed by atoms with van der Waals surface area (Å²) in [6.45, 7) is 14.1. The van der Waals surface area contributed by atoms with E-state index in [0.717, 1.165) is 10.6 Å². The molecule has 0 fully saturated rings. The van der Waals surface area contributed by atoms with Crippen molar-refractivity contribution in [2.24, 2.45) is 4.99 Å². The second-order valence-corrected chi connectivity index (χ2v) is 5.19. The summed E-state index contributed by atoms with van der Waals surface area (Å²) < 4.78 is 0. The topological polar surface area (TPSA) is 12.4 Å². The third-order valence-corrected chi connectivity index (χ3v) is 3.02. The fourth-order valence-corrected chi connectivity index (χ4v) is 2.51. The summed E-state index contributed by atoms with van der Waals surface area (Å²) in [4.78, 5) is 4.33. The molecule has 15 heavy (non-hydrogen) atoms. The van der Waals surface area contributed by atoms with Crippen LogP contribution in [0.15, 0.2) is 29.6 Å². The van der Waals surface area contributed by atoms with Crippen LogP contribution in [0.3, 0.4) is 0 Å². The summed E-state index contributed by atoms with van der Waals surface area (Å²) in [6, 6.07) is 0. The Morgan fingerprint density at radius 1 is 1.33 bits per heavy atom. The van der Waals surface area contributed by atoms with Crippen molar-refractivity contribution < 1.29 is 0 Å². The molecular formula is C13H17NS. The highest BCUT2D eigenvalue weighted by Crippen LogP contribution is 2.38. The number of nitrogens with zero attached hydrogens (tertiary/aromatic N) is 1. The maximum atomic E-state index is 4.33. The van der Waals surface area contributed by atoms with Gasteiger partial charge in [0.2, 0.25) is 0 Å². The highest BCUT2D eigenvalue weighted by atomic mass is 32.1. The van der Waals surface area contributed by atoms with E-state index in [0.29, 0.717) is 0 Å². The van der Waals surface area contributed by atoms with Crippen molar-refractivity contribution >= 4 is 28.6 Å². The molecule has 0 radical (unpaired) electrons. The van der Waals surface area contributed by atoms with Crippen LogP contribution in [-0.4, -0.2) is 6.21 Å². The van der Waals surface area contributed by atoms with Gasteiger partial charge in [-0.15, -0.1) is 11.3 Å². The van der Waals surface area contributed by atoms with Gasteiger partial charge in [-0.2, -0.15) is 0 Å². The first kappa shape index (κ1) is 11.9. The van der Waals surface area contributed by atoms with E-state index in [4.69, 9.17) is 0 Å². The van der Waals surface area contributed by atoms with Gasteiger partial charge in [0, 0.05) is 11.8 Å². The van der Waals surface area contributed by atoms with E-state index in [1.807, 2.05) is 6.08 Å². The lowest BCUT2D eigenvalue weighted by atomic mass is 9.86. The zero-order chi connectivity index (χ0) is 11.5. The van der Waals surface area contributed by atoms with Gasteiger partial charge >= 0.3 is 0 Å². The van der Waals surface area contributed by atoms with Gasteiger partial charge in [0.1, 0.15) is 5.00 Å². The number of hydrogen-bond donors (Lipinski definition) is 0. The molecule has 0 spiro atoms. The number of allylic oxidation sites excluding steroid dienone is 1. The molecule has 0 N–H and O–H groups in total. The summed E-state index contributed by atoms with van der Waals surface area (Å²) in [5.41, 5.74) is 2.59. The second-order valence-electron chi connectivity index (χ2n) is 4.34. The van der Waals surface area contributed by atoms with Crippen LogP contribution in [0.25, 0.3) is 6.08 Å². The van der Waals surface area contributed by atoms with Gasteiger partial charge in [0.05, 0.1) is 0 Å². The molecule has 1 aromatic heterocycles. The van der Waals surface area contributed by atoms with Gasteiger partial charge in [-0.3, -0.25) is 0 Å². The highest BCUT2D eigenvalue weighted by Gasteiger charge is 2.20. The molecule has 1 heterocycles. The summed E-state index contributed by atoms with van der Waals surface area (Å²) in [6.07, 6.45) is 5.28. The maximum absolute atomic E-state index is 4.33. The monoisotopic (exact) mass is 219 g/mol. The number of rotatable bonds is 3. The van der Waals surface area contributed by atoms with Gasteiger partial charge in [-0.05, 0) is 16.4 Å². The predicted octanol–water partition coefficient (Wildman–Crippen LogP) is 4.58. The molecule has 80 valence electrons. The molecular weight excluding hydrogens is 202 g/mol. The first-order valence-electron chi connectivity index (χ1n) is 4.90. The molecule has 2 heteroatoms. The van der Waals surface area contributed by atoms with Crippen molar-refractivity contribution in [3.05, 3.63) is 35.7 Å². The van der Waals surface area contributed by atoms with Gasteiger partial charge in [-0.1, -0.05) is 46.1 Å². The van der Waals surface area contributed by atoms with Crippen LogP contribution < -0.4 is 0 Å². The molecule has 0 amide bonds. The minimum Gasteiger partial charge on any atom is -0.245 e. The molecule has 0 bridgehead atoms. The molecule has 0 unspecified atom stereocenters. The molecule has 0 aliphatic carbocycles. The first-order chi connectivity index (χ1) is 7.00. The van der Waals surface area contributed by atoms with Gasteiger partial charge in [-0.25, -0.2) is 4.99 Å². The van der Waals surface area contributed by atoms with Crippen LogP contribution in [-0.2, 0) is 5.41 Å². The molecule has 0 aromatic carbocycles. The summed E-state index contributed by atoms with van der Waals surface area (Å²) >= 11 is 1.65. The normalized spacial score (nSPS) is 11.9. The zero-order valence-corrected chi connectivity index (χ0v) is 10.4. The third kappa shape index (κ3) is 2.66. The Balaban J connectivity index is 3.23. The fourth-order valence-electron chi connectivity index (χ4n) is 1.36. The molecule has 1 rings (SSSR count). The van der Waals surface area contributed by atoms with E-state index in [-0.39, 0.29) is 5.41 Å². The van der Waals surface area contributed by atoms with Crippen LogP contribution in [0.2, 0.25) is 0 Å². The molecule has 1 aromatic rings. The minimum absolute atomic E-state index is 0.141. The first-order valence-corrected chi connectivity index (χ1v) is 5.78. The highest BCUT2D eigenvalue weighted by molar-refractivity contribution is 7.14. The lowest BCUT2D eigenvalue weighted by Gasteiger charge is -2.18. The molecule has 0 aliphatic heterocycles. The quantitative estimate of drug-likeness (QED) is 0.660. The van der Waals surface area contributed by atoms with Crippen LogP contribution >= 0.6 is 11.3 Å². The second kappa shape index (κ2) is 4.58. The zero-order valence-electron chi connectivity index (χ0n) is 9.58. The molecule has 0 saturated carbocycles. The lowest BCUT2D eigenvalue weighted by Crippen LogP contribution is -2.10. The fraction of sp³-hybridized carbons (Fsp3) is 0.308. The smallest absolute Gasteiger partial charge is 0.123 e. The van der Waals surface area contributed by atoms with Crippen molar-refractivity contribution in [3.8, 4) is 0 Å². The lowest BCUT2D eigenvalue weighted by molar-refractivity contribution is 0.592. The van der Waals surface area contributed by atoms with E-state index >= 15 is 0 Å². The van der Waals surface area contributed by atoms with Gasteiger partial charge in [0.15, 0.2) is 0 Å². The Bertz CT molecular complexity index is 391. The predicted molar refractivity (Wildman–Crippen MR) is 71.5 cm³/mol. The Morgan fingerprint density at radius 2 is 2.00 bits per heavy atom. The van der Waals surface area contributed by atoms with Crippen molar-refractivity contribution in [3.63, 3.8) is 0 Å². The van der Waals surface area contributed by atoms with Crippen molar-refractivity contribution in [1.82, 2.24) is 0 Å². The average Bonchev–Trinajstić information content (AvgIpc) is 2.56.